The van der Waals surface area contributed by atoms with Crippen molar-refractivity contribution in [3.8, 4) is 0 Å². The van der Waals surface area contributed by atoms with Gasteiger partial charge in [-0.05, 0) is 43.3 Å². The summed E-state index contributed by atoms with van der Waals surface area (Å²) in [6.45, 7) is 0. The van der Waals surface area contributed by atoms with E-state index in [0.717, 1.165) is 18.2 Å². The van der Waals surface area contributed by atoms with Gasteiger partial charge in [-0.25, -0.2) is 0 Å². The fourth-order valence-corrected chi connectivity index (χ4v) is 4.06. The van der Waals surface area contributed by atoms with Gasteiger partial charge in [0.15, 0.2) is 5.82 Å². The lowest BCUT2D eigenvalue weighted by Gasteiger charge is -2.20. The van der Waals surface area contributed by atoms with Crippen molar-refractivity contribution in [1.29, 1.82) is 0 Å². The molecule has 1 aromatic rings. The molecule has 22 heavy (non-hydrogen) atoms. The topological polar surface area (TPSA) is 46.0 Å². The number of H-pyrrole nitrogens is 1. The molecule has 0 saturated heterocycles. The van der Waals surface area contributed by atoms with Crippen molar-refractivity contribution in [2.45, 2.75) is 77.0 Å². The van der Waals surface area contributed by atoms with E-state index < -0.39 is 0 Å². The third-order valence-corrected chi connectivity index (χ3v) is 5.53. The third kappa shape index (κ3) is 4.28. The predicted molar refractivity (Wildman–Crippen MR) is 92.8 cm³/mol. The Labute approximate surface area is 138 Å². The van der Waals surface area contributed by atoms with Crippen molar-refractivity contribution in [3.63, 3.8) is 0 Å². The minimum absolute atomic E-state index is 0.622. The molecule has 2 saturated carbocycles. The van der Waals surface area contributed by atoms with Crippen LogP contribution in [0.4, 0.5) is 0 Å². The van der Waals surface area contributed by atoms with E-state index in [-0.39, 0.29) is 0 Å². The van der Waals surface area contributed by atoms with Gasteiger partial charge in [0, 0.05) is 12.6 Å². The average molecular weight is 321 g/mol. The Morgan fingerprint density at radius 3 is 2.50 bits per heavy atom. The molecule has 3 rings (SSSR count). The Morgan fingerprint density at radius 1 is 1.09 bits per heavy atom. The van der Waals surface area contributed by atoms with Gasteiger partial charge in [-0.15, -0.1) is 0 Å². The number of rotatable bonds is 5. The third-order valence-electron chi connectivity index (χ3n) is 5.26. The van der Waals surface area contributed by atoms with Crippen LogP contribution in [0, 0.1) is 16.6 Å². The first kappa shape index (κ1) is 15.9. The van der Waals surface area contributed by atoms with Gasteiger partial charge in [-0.1, -0.05) is 51.4 Å². The number of nitrogens with one attached hydrogen (secondary N) is 1. The van der Waals surface area contributed by atoms with Crippen molar-refractivity contribution >= 4 is 18.4 Å². The highest BCUT2D eigenvalue weighted by molar-refractivity contribution is 7.71. The van der Waals surface area contributed by atoms with Crippen LogP contribution in [0.3, 0.4) is 0 Å². The van der Waals surface area contributed by atoms with Crippen molar-refractivity contribution in [3.05, 3.63) is 10.6 Å². The number of aromatic amines is 1. The number of aryl methyl sites for hydroxylation is 1. The molecule has 1 aromatic heterocycles. The SMILES string of the molecule is S=c1[nH]nc(CCC2CCCCC2)n1/N=C\C1CCCCC1. The van der Waals surface area contributed by atoms with Crippen LogP contribution >= 0.6 is 12.2 Å². The first-order valence-corrected chi connectivity index (χ1v) is 9.44. The molecule has 0 atom stereocenters. The largest absolute Gasteiger partial charge is 0.250 e. The van der Waals surface area contributed by atoms with Gasteiger partial charge in [-0.3, -0.25) is 5.10 Å². The highest BCUT2D eigenvalue weighted by Gasteiger charge is 2.16. The van der Waals surface area contributed by atoms with Gasteiger partial charge in [0.25, 0.3) is 0 Å². The Kier molecular flexibility index (Phi) is 5.82. The monoisotopic (exact) mass is 320 g/mol. The molecule has 2 aliphatic carbocycles. The van der Waals surface area contributed by atoms with Crippen molar-refractivity contribution < 1.29 is 0 Å². The van der Waals surface area contributed by atoms with Gasteiger partial charge < -0.3 is 0 Å². The second-order valence-electron chi connectivity index (χ2n) is 6.96. The first-order chi connectivity index (χ1) is 10.8. The summed E-state index contributed by atoms with van der Waals surface area (Å²) < 4.78 is 2.48. The summed E-state index contributed by atoms with van der Waals surface area (Å²) in [6.07, 6.45) is 17.9. The number of aromatic nitrogens is 3. The number of hydrogen-bond donors (Lipinski definition) is 1. The smallest absolute Gasteiger partial charge is 0.216 e. The maximum Gasteiger partial charge on any atom is 0.216 e. The number of nitrogens with zero attached hydrogens (tertiary/aromatic N) is 3. The Hall–Kier alpha value is -0.970. The fraction of sp³-hybridized carbons (Fsp3) is 0.824. The van der Waals surface area contributed by atoms with Gasteiger partial charge >= 0.3 is 0 Å². The van der Waals surface area contributed by atoms with Gasteiger partial charge in [0.05, 0.1) is 0 Å². The van der Waals surface area contributed by atoms with Crippen LogP contribution in [0.5, 0.6) is 0 Å². The molecule has 0 spiro atoms. The van der Waals surface area contributed by atoms with Crippen LogP contribution in [-0.2, 0) is 6.42 Å². The minimum Gasteiger partial charge on any atom is -0.250 e. The van der Waals surface area contributed by atoms with Crippen LogP contribution in [0.25, 0.3) is 0 Å². The molecular weight excluding hydrogens is 292 g/mol. The quantitative estimate of drug-likeness (QED) is 0.621. The molecule has 1 heterocycles. The first-order valence-electron chi connectivity index (χ1n) is 9.03. The zero-order valence-electron chi connectivity index (χ0n) is 13.5. The van der Waals surface area contributed by atoms with Crippen LogP contribution in [0.1, 0.15) is 76.5 Å². The zero-order valence-corrected chi connectivity index (χ0v) is 14.3. The summed E-state index contributed by atoms with van der Waals surface area (Å²) >= 11 is 5.34. The molecule has 4 nitrogen and oxygen atoms in total. The molecule has 5 heteroatoms. The van der Waals surface area contributed by atoms with E-state index in [2.05, 4.69) is 21.5 Å². The van der Waals surface area contributed by atoms with E-state index in [1.165, 1.54) is 70.6 Å². The summed E-state index contributed by atoms with van der Waals surface area (Å²) in [7, 11) is 0. The van der Waals surface area contributed by atoms with E-state index >= 15 is 0 Å². The summed E-state index contributed by atoms with van der Waals surface area (Å²) in [6, 6.07) is 0. The normalized spacial score (nSPS) is 21.6. The van der Waals surface area contributed by atoms with Gasteiger partial charge in [-0.2, -0.15) is 14.9 Å². The summed E-state index contributed by atoms with van der Waals surface area (Å²) in [5, 5.41) is 12.0. The molecule has 122 valence electrons. The standard InChI is InChI=1S/C17H28N4S/c22-17-20-19-16(12-11-14-7-3-1-4-8-14)21(17)18-13-15-9-5-2-6-10-15/h13-15H,1-12H2,(H,20,22)/b18-13-. The van der Waals surface area contributed by atoms with E-state index in [9.17, 15) is 0 Å². The van der Waals surface area contributed by atoms with E-state index in [4.69, 9.17) is 12.2 Å². The molecule has 0 amide bonds. The second kappa shape index (κ2) is 8.04. The highest BCUT2D eigenvalue weighted by atomic mass is 32.1. The fourth-order valence-electron chi connectivity index (χ4n) is 3.86. The van der Waals surface area contributed by atoms with Crippen molar-refractivity contribution in [1.82, 2.24) is 14.9 Å². The molecule has 2 fully saturated rings. The van der Waals surface area contributed by atoms with Crippen LogP contribution in [-0.4, -0.2) is 21.1 Å². The van der Waals surface area contributed by atoms with Crippen molar-refractivity contribution in [2.24, 2.45) is 16.9 Å². The predicted octanol–water partition coefficient (Wildman–Crippen LogP) is 4.87. The zero-order chi connectivity index (χ0) is 15.2. The molecule has 0 radical (unpaired) electrons. The summed E-state index contributed by atoms with van der Waals surface area (Å²) in [5.41, 5.74) is 0. The van der Waals surface area contributed by atoms with E-state index in [0.29, 0.717) is 10.7 Å². The van der Waals surface area contributed by atoms with Crippen LogP contribution < -0.4 is 0 Å². The lowest BCUT2D eigenvalue weighted by Crippen LogP contribution is -2.11. The lowest BCUT2D eigenvalue weighted by molar-refractivity contribution is 0.336. The molecular formula is C17H28N4S. The molecule has 1 N–H and O–H groups in total. The Morgan fingerprint density at radius 2 is 1.77 bits per heavy atom. The molecule has 0 bridgehead atoms. The van der Waals surface area contributed by atoms with Crippen LogP contribution in [0.15, 0.2) is 5.10 Å². The summed E-state index contributed by atoms with van der Waals surface area (Å²) in [5.74, 6) is 2.49. The summed E-state index contributed by atoms with van der Waals surface area (Å²) in [4.78, 5) is 0. The van der Waals surface area contributed by atoms with Crippen LogP contribution in [0.2, 0.25) is 0 Å². The molecule has 0 unspecified atom stereocenters. The van der Waals surface area contributed by atoms with Gasteiger partial charge in [0.2, 0.25) is 4.77 Å². The molecule has 0 aliphatic heterocycles. The molecule has 0 aromatic carbocycles. The number of hydrogen-bond acceptors (Lipinski definition) is 3. The molecule has 2 aliphatic rings. The van der Waals surface area contributed by atoms with E-state index in [1.807, 2.05) is 4.68 Å². The maximum atomic E-state index is 5.34. The Bertz CT molecular complexity index is 533. The van der Waals surface area contributed by atoms with E-state index in [1.54, 1.807) is 0 Å². The average Bonchev–Trinajstić information content (AvgIpc) is 2.93. The Balaban J connectivity index is 1.59. The second-order valence-corrected chi connectivity index (χ2v) is 7.35. The van der Waals surface area contributed by atoms with Gasteiger partial charge in [0.1, 0.15) is 0 Å². The maximum absolute atomic E-state index is 5.34. The minimum atomic E-state index is 0.622. The lowest BCUT2D eigenvalue weighted by atomic mass is 9.86. The highest BCUT2D eigenvalue weighted by Crippen LogP contribution is 2.27. The van der Waals surface area contributed by atoms with Crippen molar-refractivity contribution in [2.75, 3.05) is 0 Å².